The number of rotatable bonds is 6. The summed E-state index contributed by atoms with van der Waals surface area (Å²) in [5, 5.41) is 15.9. The van der Waals surface area contributed by atoms with E-state index in [0.717, 1.165) is 5.56 Å². The first-order valence-corrected chi connectivity index (χ1v) is 12.9. The molecule has 1 atom stereocenters. The molecule has 10 heteroatoms. The lowest BCUT2D eigenvalue weighted by Gasteiger charge is -2.38. The highest BCUT2D eigenvalue weighted by Crippen LogP contribution is 2.25. The monoisotopic (exact) mass is 495 g/mol. The molecule has 1 fully saturated rings. The van der Waals surface area contributed by atoms with Gasteiger partial charge in [-0.2, -0.15) is 5.10 Å². The maximum absolute atomic E-state index is 13.1. The smallest absolute Gasteiger partial charge is 0.264 e. The Labute approximate surface area is 204 Å². The van der Waals surface area contributed by atoms with Gasteiger partial charge in [-0.25, -0.2) is 14.1 Å². The van der Waals surface area contributed by atoms with Crippen molar-refractivity contribution in [2.75, 3.05) is 19.3 Å². The van der Waals surface area contributed by atoms with Crippen LogP contribution in [0.25, 0.3) is 16.7 Å². The van der Waals surface area contributed by atoms with Gasteiger partial charge in [0.15, 0.2) is 5.65 Å². The fourth-order valence-electron chi connectivity index (χ4n) is 4.48. The molecule has 1 N–H and O–H groups in total. The van der Waals surface area contributed by atoms with Gasteiger partial charge in [0.1, 0.15) is 17.5 Å². The molecule has 1 aliphatic rings. The van der Waals surface area contributed by atoms with Crippen LogP contribution in [0.15, 0.2) is 70.7 Å². The fraction of sp³-hybridized carbons (Fsp3) is 0.320. The second-order valence-electron chi connectivity index (χ2n) is 9.05. The van der Waals surface area contributed by atoms with E-state index in [-0.39, 0.29) is 17.9 Å². The molecule has 2 aromatic heterocycles. The Morgan fingerprint density at radius 3 is 2.43 bits per heavy atom. The molecule has 8 nitrogen and oxygen atoms in total. The molecule has 1 unspecified atom stereocenters. The van der Waals surface area contributed by atoms with Crippen LogP contribution in [0, 0.1) is 5.82 Å². The molecule has 2 aromatic carbocycles. The predicted molar refractivity (Wildman–Crippen MR) is 131 cm³/mol. The van der Waals surface area contributed by atoms with E-state index in [4.69, 9.17) is 0 Å². The summed E-state index contributed by atoms with van der Waals surface area (Å²) >= 11 is 0. The summed E-state index contributed by atoms with van der Waals surface area (Å²) in [5.41, 5.74) is 0.899. The number of hydrogen-bond donors (Lipinski definition) is 1. The topological polar surface area (TPSA) is 93.2 Å². The van der Waals surface area contributed by atoms with Crippen molar-refractivity contribution in [1.82, 2.24) is 24.2 Å². The van der Waals surface area contributed by atoms with Gasteiger partial charge in [0.2, 0.25) is 0 Å². The molecule has 1 aliphatic heterocycles. The van der Waals surface area contributed by atoms with Crippen molar-refractivity contribution in [1.29, 1.82) is 0 Å². The van der Waals surface area contributed by atoms with Crippen molar-refractivity contribution in [3.05, 3.63) is 82.8 Å². The average molecular weight is 496 g/mol. The second-order valence-corrected chi connectivity index (χ2v) is 10.4. The van der Waals surface area contributed by atoms with E-state index >= 15 is 0 Å². The van der Waals surface area contributed by atoms with Gasteiger partial charge >= 0.3 is 0 Å². The molecule has 35 heavy (non-hydrogen) atoms. The lowest BCUT2D eigenvalue weighted by atomic mass is 9.91. The van der Waals surface area contributed by atoms with Gasteiger partial charge in [-0.15, -0.1) is 0 Å². The summed E-state index contributed by atoms with van der Waals surface area (Å²) < 4.78 is 27.8. The quantitative estimate of drug-likeness (QED) is 0.442. The molecule has 0 amide bonds. The van der Waals surface area contributed by atoms with Crippen molar-refractivity contribution in [3.8, 4) is 5.69 Å². The van der Waals surface area contributed by atoms with E-state index in [1.165, 1.54) is 29.2 Å². The van der Waals surface area contributed by atoms with Gasteiger partial charge in [0.25, 0.3) is 5.56 Å². The highest BCUT2D eigenvalue weighted by molar-refractivity contribution is 7.84. The van der Waals surface area contributed by atoms with Crippen molar-refractivity contribution in [2.45, 2.75) is 36.4 Å². The van der Waals surface area contributed by atoms with E-state index in [1.54, 1.807) is 47.3 Å². The number of halogens is 1. The number of piperidine rings is 1. The lowest BCUT2D eigenvalue weighted by molar-refractivity contribution is -0.0364. The van der Waals surface area contributed by atoms with Gasteiger partial charge in [-0.05, 0) is 54.8 Å². The number of nitrogens with zero attached hydrogens (tertiary/aromatic N) is 5. The third-order valence-corrected chi connectivity index (χ3v) is 7.47. The Morgan fingerprint density at radius 1 is 1.09 bits per heavy atom. The van der Waals surface area contributed by atoms with Crippen molar-refractivity contribution in [2.24, 2.45) is 0 Å². The van der Waals surface area contributed by atoms with E-state index in [2.05, 4.69) is 15.0 Å². The van der Waals surface area contributed by atoms with Crippen molar-refractivity contribution >= 4 is 21.8 Å². The summed E-state index contributed by atoms with van der Waals surface area (Å²) in [6.07, 6.45) is 5.60. The summed E-state index contributed by atoms with van der Waals surface area (Å²) in [6, 6.07) is 13.6. The first-order chi connectivity index (χ1) is 16.8. The van der Waals surface area contributed by atoms with Crippen LogP contribution in [0.1, 0.15) is 18.4 Å². The molecule has 0 aliphatic carbocycles. The molecule has 5 rings (SSSR count). The summed E-state index contributed by atoms with van der Waals surface area (Å²) in [4.78, 5) is 20.5. The van der Waals surface area contributed by atoms with E-state index < -0.39 is 16.4 Å². The predicted octanol–water partition coefficient (Wildman–Crippen LogP) is 2.49. The zero-order valence-electron chi connectivity index (χ0n) is 19.3. The van der Waals surface area contributed by atoms with Gasteiger partial charge < -0.3 is 5.11 Å². The van der Waals surface area contributed by atoms with E-state index in [1.807, 2.05) is 0 Å². The van der Waals surface area contributed by atoms with Crippen LogP contribution in [-0.2, 0) is 23.9 Å². The Morgan fingerprint density at radius 2 is 1.77 bits per heavy atom. The first-order valence-electron chi connectivity index (χ1n) is 11.4. The maximum Gasteiger partial charge on any atom is 0.264 e. The molecular weight excluding hydrogens is 469 g/mol. The molecular formula is C25H26FN5O3S. The maximum atomic E-state index is 13.1. The Kier molecular flexibility index (Phi) is 6.35. The fourth-order valence-corrected chi connectivity index (χ4v) is 5.00. The molecule has 0 saturated carbocycles. The van der Waals surface area contributed by atoms with Crippen LogP contribution in [-0.4, -0.2) is 58.5 Å². The number of aromatic nitrogens is 4. The molecule has 4 aromatic rings. The van der Waals surface area contributed by atoms with Crippen molar-refractivity contribution in [3.63, 3.8) is 0 Å². The highest BCUT2D eigenvalue weighted by atomic mass is 32.2. The lowest BCUT2D eigenvalue weighted by Crippen LogP contribution is -2.47. The SMILES string of the molecule is CS(=O)c1ccc(-n2ncc3c(=O)n(CC4(O)CCN(Cc5ccc(F)cc5)CC4)cnc32)cc1. The minimum Gasteiger partial charge on any atom is -0.388 e. The molecule has 182 valence electrons. The Bertz CT molecular complexity index is 1420. The number of aliphatic hydroxyl groups is 1. The molecule has 0 radical (unpaired) electrons. The molecule has 1 saturated heterocycles. The first kappa shape index (κ1) is 23.5. The average Bonchev–Trinajstić information content (AvgIpc) is 3.29. The van der Waals surface area contributed by atoms with Crippen molar-refractivity contribution < 1.29 is 13.7 Å². The number of hydrogen-bond acceptors (Lipinski definition) is 6. The van der Waals surface area contributed by atoms with Gasteiger partial charge in [-0.3, -0.25) is 18.5 Å². The minimum absolute atomic E-state index is 0.154. The standard InChI is InChI=1S/C25H26FN5O3S/c1-35(34)21-8-6-20(7-9-21)31-23-22(14-28-31)24(32)30(17-27-23)16-25(33)10-12-29(13-11-25)15-18-2-4-19(26)5-3-18/h2-9,14,17,33H,10-13,15-16H2,1H3. The number of likely N-dealkylation sites (tertiary alicyclic amines) is 1. The van der Waals surface area contributed by atoms with Crippen LogP contribution >= 0.6 is 0 Å². The second kappa shape index (κ2) is 9.44. The van der Waals surface area contributed by atoms with Crippen LogP contribution in [0.5, 0.6) is 0 Å². The number of benzene rings is 2. The van der Waals surface area contributed by atoms with E-state index in [9.17, 15) is 18.5 Å². The van der Waals surface area contributed by atoms with Crippen LogP contribution in [0.2, 0.25) is 0 Å². The largest absolute Gasteiger partial charge is 0.388 e. The van der Waals surface area contributed by atoms with Gasteiger partial charge in [-0.1, -0.05) is 12.1 Å². The normalized spacial score (nSPS) is 17.0. The summed E-state index contributed by atoms with van der Waals surface area (Å²) in [5.74, 6) is -0.254. The summed E-state index contributed by atoms with van der Waals surface area (Å²) in [6.45, 7) is 2.20. The number of fused-ring (bicyclic) bond motifs is 1. The van der Waals surface area contributed by atoms with E-state index in [0.29, 0.717) is 54.1 Å². The minimum atomic E-state index is -1.08. The van der Waals surface area contributed by atoms with Crippen LogP contribution in [0.3, 0.4) is 0 Å². The van der Waals surface area contributed by atoms with Crippen LogP contribution < -0.4 is 5.56 Å². The third kappa shape index (κ3) is 4.95. The third-order valence-electron chi connectivity index (χ3n) is 6.54. The van der Waals surface area contributed by atoms with Crippen LogP contribution in [0.4, 0.5) is 4.39 Å². The zero-order valence-corrected chi connectivity index (χ0v) is 20.1. The molecule has 3 heterocycles. The summed E-state index contributed by atoms with van der Waals surface area (Å²) in [7, 11) is -1.08. The molecule has 0 bridgehead atoms. The van der Waals surface area contributed by atoms with Gasteiger partial charge in [0.05, 0.1) is 24.0 Å². The highest BCUT2D eigenvalue weighted by Gasteiger charge is 2.33. The zero-order chi connectivity index (χ0) is 24.6. The Hall–Kier alpha value is -3.21. The Balaban J connectivity index is 1.30. The van der Waals surface area contributed by atoms with Gasteiger partial charge in [0, 0.05) is 41.6 Å². The molecule has 0 spiro atoms.